The van der Waals surface area contributed by atoms with Crippen LogP contribution < -0.4 is 10.0 Å². The van der Waals surface area contributed by atoms with Gasteiger partial charge in [0.25, 0.3) is 0 Å². The average molecular weight is 559 g/mol. The van der Waals surface area contributed by atoms with E-state index in [1.54, 1.807) is 30.3 Å². The molecule has 1 saturated heterocycles. The summed E-state index contributed by atoms with van der Waals surface area (Å²) in [6, 6.07) is 12.6. The van der Waals surface area contributed by atoms with Gasteiger partial charge in [0.2, 0.25) is 0 Å². The zero-order valence-corrected chi connectivity index (χ0v) is 22.5. The molecule has 0 aliphatic carbocycles. The Morgan fingerprint density at radius 3 is 2.65 bits per heavy atom. The molecule has 192 valence electrons. The number of hydrogen-bond acceptors (Lipinski definition) is 8. The molecule has 5 rings (SSSR count). The van der Waals surface area contributed by atoms with Gasteiger partial charge in [-0.3, -0.25) is 4.90 Å². The number of pyridine rings is 1. The molecule has 1 aliphatic rings. The van der Waals surface area contributed by atoms with Gasteiger partial charge in [-0.25, -0.2) is 19.3 Å². The Morgan fingerprint density at radius 2 is 1.81 bits per heavy atom. The first-order valence-corrected chi connectivity index (χ1v) is 13.6. The molecule has 1 aliphatic heterocycles. The van der Waals surface area contributed by atoms with E-state index in [1.807, 2.05) is 24.3 Å². The third kappa shape index (κ3) is 6.25. The number of nitrogens with zero attached hydrogens (tertiary/aromatic N) is 5. The Balaban J connectivity index is 1.32. The first-order chi connectivity index (χ1) is 18.0. The molecular formula is C26H26Cl2FN7S. The number of aromatic nitrogens is 3. The van der Waals surface area contributed by atoms with Crippen LogP contribution in [0, 0.1) is 5.82 Å². The Morgan fingerprint density at radius 1 is 0.973 bits per heavy atom. The summed E-state index contributed by atoms with van der Waals surface area (Å²) in [6.07, 6.45) is 3.18. The lowest BCUT2D eigenvalue weighted by atomic mass is 10.0. The predicted molar refractivity (Wildman–Crippen MR) is 152 cm³/mol. The normalized spacial score (nSPS) is 14.7. The van der Waals surface area contributed by atoms with Gasteiger partial charge in [0.15, 0.2) is 11.0 Å². The van der Waals surface area contributed by atoms with E-state index in [2.05, 4.69) is 41.8 Å². The van der Waals surface area contributed by atoms with E-state index in [9.17, 15) is 4.39 Å². The van der Waals surface area contributed by atoms with E-state index in [4.69, 9.17) is 23.2 Å². The van der Waals surface area contributed by atoms with E-state index in [-0.39, 0.29) is 10.7 Å². The minimum absolute atomic E-state index is 0.0396. The standard InChI is InChI=1S/C26H26Cl2FN7S/c1-35-7-9-36(10-8-35)11-12-37-34-23-14-18(15-30-25(23)28)17-5-6-21-19(13-17)26(32-16-31-21)33-22-4-2-3-20(27)24(22)29/h2-6,13-16,34H,7-12H2,1H3,(H,31,32,33). The average Bonchev–Trinajstić information content (AvgIpc) is 2.91. The topological polar surface area (TPSA) is 69.2 Å². The summed E-state index contributed by atoms with van der Waals surface area (Å²) in [4.78, 5) is 17.9. The van der Waals surface area contributed by atoms with E-state index < -0.39 is 5.82 Å². The van der Waals surface area contributed by atoms with Gasteiger partial charge in [0.1, 0.15) is 12.1 Å². The van der Waals surface area contributed by atoms with Crippen LogP contribution in [-0.2, 0) is 0 Å². The van der Waals surface area contributed by atoms with E-state index in [1.165, 1.54) is 12.4 Å². The van der Waals surface area contributed by atoms with Gasteiger partial charge >= 0.3 is 0 Å². The molecule has 4 aromatic rings. The van der Waals surface area contributed by atoms with Gasteiger partial charge in [0, 0.05) is 55.6 Å². The summed E-state index contributed by atoms with van der Waals surface area (Å²) in [7, 11) is 2.16. The maximum atomic E-state index is 14.5. The SMILES string of the molecule is CN1CCN(CCSNc2cc(-c3ccc4ncnc(Nc5cccc(Cl)c5F)c4c3)cnc2Cl)CC1. The highest BCUT2D eigenvalue weighted by molar-refractivity contribution is 8.00. The highest BCUT2D eigenvalue weighted by Crippen LogP contribution is 2.33. The second-order valence-corrected chi connectivity index (χ2v) is 10.5. The molecule has 0 radical (unpaired) electrons. The smallest absolute Gasteiger partial charge is 0.165 e. The molecule has 2 N–H and O–H groups in total. The number of hydrogen-bond donors (Lipinski definition) is 2. The zero-order chi connectivity index (χ0) is 25.8. The predicted octanol–water partition coefficient (Wildman–Crippen LogP) is 6.19. The van der Waals surface area contributed by atoms with Crippen LogP contribution in [0.3, 0.4) is 0 Å². The van der Waals surface area contributed by atoms with Gasteiger partial charge in [0.05, 0.1) is 21.9 Å². The van der Waals surface area contributed by atoms with Crippen LogP contribution in [0.1, 0.15) is 0 Å². The van der Waals surface area contributed by atoms with Crippen molar-refractivity contribution in [3.8, 4) is 11.1 Å². The third-order valence-electron chi connectivity index (χ3n) is 6.30. The number of rotatable bonds is 8. The first kappa shape index (κ1) is 25.9. The molecule has 1 fully saturated rings. The van der Waals surface area contributed by atoms with Crippen LogP contribution in [0.4, 0.5) is 21.6 Å². The zero-order valence-electron chi connectivity index (χ0n) is 20.2. The van der Waals surface area contributed by atoms with Gasteiger partial charge in [-0.2, -0.15) is 0 Å². The van der Waals surface area contributed by atoms with Gasteiger partial charge in [-0.15, -0.1) is 0 Å². The van der Waals surface area contributed by atoms with Crippen LogP contribution in [-0.4, -0.2) is 70.3 Å². The van der Waals surface area contributed by atoms with Crippen molar-refractivity contribution < 1.29 is 4.39 Å². The van der Waals surface area contributed by atoms with Crippen LogP contribution in [0.2, 0.25) is 10.2 Å². The summed E-state index contributed by atoms with van der Waals surface area (Å²) < 4.78 is 17.8. The highest BCUT2D eigenvalue weighted by Gasteiger charge is 2.14. The second-order valence-electron chi connectivity index (χ2n) is 8.84. The Hall–Kier alpha value is -2.69. The number of nitrogens with one attached hydrogen (secondary N) is 2. The third-order valence-corrected chi connectivity index (χ3v) is 7.64. The summed E-state index contributed by atoms with van der Waals surface area (Å²) in [5.41, 5.74) is 3.52. The van der Waals surface area contributed by atoms with Crippen molar-refractivity contribution in [2.45, 2.75) is 0 Å². The Labute approximate surface area is 229 Å². The molecule has 2 aromatic carbocycles. The molecule has 0 spiro atoms. The summed E-state index contributed by atoms with van der Waals surface area (Å²) in [6.45, 7) is 5.43. The van der Waals surface area contributed by atoms with Crippen molar-refractivity contribution in [3.63, 3.8) is 0 Å². The molecule has 37 heavy (non-hydrogen) atoms. The van der Waals surface area contributed by atoms with Crippen LogP contribution in [0.15, 0.2) is 55.0 Å². The lowest BCUT2D eigenvalue weighted by Crippen LogP contribution is -2.45. The highest BCUT2D eigenvalue weighted by atomic mass is 35.5. The molecular weight excluding hydrogens is 532 g/mol. The fourth-order valence-corrected chi connectivity index (χ4v) is 5.26. The van der Waals surface area contributed by atoms with Crippen molar-refractivity contribution in [2.24, 2.45) is 0 Å². The Kier molecular flexibility index (Phi) is 8.26. The summed E-state index contributed by atoms with van der Waals surface area (Å²) >= 11 is 14.0. The lowest BCUT2D eigenvalue weighted by Gasteiger charge is -2.32. The van der Waals surface area contributed by atoms with Crippen molar-refractivity contribution in [1.29, 1.82) is 0 Å². The number of halogens is 3. The Bertz CT molecular complexity index is 1400. The quantitative estimate of drug-likeness (QED) is 0.151. The molecule has 7 nitrogen and oxygen atoms in total. The summed E-state index contributed by atoms with van der Waals surface area (Å²) in [5.74, 6) is 0.884. The van der Waals surface area contributed by atoms with Crippen molar-refractivity contribution in [1.82, 2.24) is 24.8 Å². The molecule has 0 atom stereocenters. The molecule has 0 bridgehead atoms. The molecule has 3 heterocycles. The van der Waals surface area contributed by atoms with Crippen molar-refractivity contribution >= 4 is 63.2 Å². The van der Waals surface area contributed by atoms with E-state index in [0.717, 1.165) is 66.2 Å². The maximum Gasteiger partial charge on any atom is 0.165 e. The maximum absolute atomic E-state index is 14.5. The van der Waals surface area contributed by atoms with Crippen LogP contribution >= 0.6 is 35.1 Å². The van der Waals surface area contributed by atoms with Gasteiger partial charge < -0.3 is 14.9 Å². The number of likely N-dealkylation sites (N-methyl/N-ethyl adjacent to an activating group) is 1. The fourth-order valence-electron chi connectivity index (χ4n) is 4.12. The second kappa shape index (κ2) is 11.8. The number of piperazine rings is 1. The largest absolute Gasteiger partial charge is 0.337 e. The first-order valence-electron chi connectivity index (χ1n) is 11.9. The van der Waals surface area contributed by atoms with Crippen LogP contribution in [0.5, 0.6) is 0 Å². The molecule has 0 unspecified atom stereocenters. The van der Waals surface area contributed by atoms with Crippen molar-refractivity contribution in [2.75, 3.05) is 55.6 Å². The van der Waals surface area contributed by atoms with E-state index >= 15 is 0 Å². The molecule has 0 amide bonds. The van der Waals surface area contributed by atoms with Crippen molar-refractivity contribution in [3.05, 3.63) is 71.0 Å². The number of anilines is 3. The molecule has 2 aromatic heterocycles. The summed E-state index contributed by atoms with van der Waals surface area (Å²) in [5, 5.41) is 4.25. The minimum Gasteiger partial charge on any atom is -0.337 e. The van der Waals surface area contributed by atoms with Crippen LogP contribution in [0.25, 0.3) is 22.0 Å². The van der Waals surface area contributed by atoms with E-state index in [0.29, 0.717) is 11.0 Å². The number of benzene rings is 2. The monoisotopic (exact) mass is 557 g/mol. The van der Waals surface area contributed by atoms with Gasteiger partial charge in [-0.05, 0) is 42.9 Å². The number of fused-ring (bicyclic) bond motifs is 1. The fraction of sp³-hybridized carbons (Fsp3) is 0.269. The minimum atomic E-state index is -0.533. The lowest BCUT2D eigenvalue weighted by molar-refractivity contribution is 0.161. The molecule has 0 saturated carbocycles. The molecule has 11 heteroatoms. The van der Waals surface area contributed by atoms with Gasteiger partial charge in [-0.1, -0.05) is 47.3 Å².